The van der Waals surface area contributed by atoms with Gasteiger partial charge in [-0.05, 0) is 25.1 Å². The summed E-state index contributed by atoms with van der Waals surface area (Å²) in [6.07, 6.45) is 3.26. The Balaban J connectivity index is 2.02. The van der Waals surface area contributed by atoms with E-state index in [-0.39, 0.29) is 0 Å². The molecule has 7 nitrogen and oxygen atoms in total. The van der Waals surface area contributed by atoms with Gasteiger partial charge in [0.2, 0.25) is 11.6 Å². The van der Waals surface area contributed by atoms with Gasteiger partial charge in [0, 0.05) is 12.4 Å². The summed E-state index contributed by atoms with van der Waals surface area (Å²) in [6, 6.07) is 9.05. The summed E-state index contributed by atoms with van der Waals surface area (Å²) in [5.74, 6) is 2.67. The maximum absolute atomic E-state index is 5.93. The SMILES string of the molecule is COc1ccccc1Oc1c(C)nc(-c2ncccn2)nc1OC. The molecule has 0 fully saturated rings. The minimum Gasteiger partial charge on any atom is -0.493 e. The summed E-state index contributed by atoms with van der Waals surface area (Å²) in [5, 5.41) is 0. The predicted molar refractivity (Wildman–Crippen MR) is 87.4 cm³/mol. The van der Waals surface area contributed by atoms with E-state index in [1.807, 2.05) is 18.2 Å². The molecule has 2 aromatic heterocycles. The van der Waals surface area contributed by atoms with Crippen molar-refractivity contribution in [1.29, 1.82) is 0 Å². The first-order chi connectivity index (χ1) is 11.7. The number of benzene rings is 1. The Labute approximate surface area is 139 Å². The highest BCUT2D eigenvalue weighted by molar-refractivity contribution is 5.52. The second-order valence-electron chi connectivity index (χ2n) is 4.80. The standard InChI is InChI=1S/C17H16N4O3/c1-11-14(24-13-8-5-4-7-12(13)22-2)17(23-3)21-16(20-11)15-18-9-6-10-19-15/h4-10H,1-3H3. The Bertz CT molecular complexity index is 840. The van der Waals surface area contributed by atoms with E-state index < -0.39 is 0 Å². The number of rotatable bonds is 5. The van der Waals surface area contributed by atoms with Crippen molar-refractivity contribution >= 4 is 0 Å². The molecule has 0 spiro atoms. The van der Waals surface area contributed by atoms with E-state index in [4.69, 9.17) is 14.2 Å². The molecule has 0 unspecified atom stereocenters. The molecule has 0 saturated heterocycles. The Morgan fingerprint density at radius 3 is 2.17 bits per heavy atom. The Hall–Kier alpha value is -3.22. The van der Waals surface area contributed by atoms with Crippen LogP contribution >= 0.6 is 0 Å². The summed E-state index contributed by atoms with van der Waals surface area (Å²) >= 11 is 0. The van der Waals surface area contributed by atoms with Crippen molar-refractivity contribution in [2.24, 2.45) is 0 Å². The number of hydrogen-bond acceptors (Lipinski definition) is 7. The van der Waals surface area contributed by atoms with Crippen molar-refractivity contribution < 1.29 is 14.2 Å². The summed E-state index contributed by atoms with van der Waals surface area (Å²) in [6.45, 7) is 1.81. The zero-order valence-electron chi connectivity index (χ0n) is 13.6. The fourth-order valence-corrected chi connectivity index (χ4v) is 2.12. The lowest BCUT2D eigenvalue weighted by atomic mass is 10.3. The van der Waals surface area contributed by atoms with Crippen LogP contribution in [-0.2, 0) is 0 Å². The summed E-state index contributed by atoms with van der Waals surface area (Å²) in [4.78, 5) is 17.1. The average Bonchev–Trinajstić information content (AvgIpc) is 2.64. The van der Waals surface area contributed by atoms with Crippen LogP contribution in [0.25, 0.3) is 11.6 Å². The number of methoxy groups -OCH3 is 2. The number of aromatic nitrogens is 4. The highest BCUT2D eigenvalue weighted by Gasteiger charge is 2.18. The minimum atomic E-state index is 0.302. The van der Waals surface area contributed by atoms with Crippen LogP contribution in [0.2, 0.25) is 0 Å². The van der Waals surface area contributed by atoms with E-state index in [9.17, 15) is 0 Å². The Kier molecular flexibility index (Phi) is 4.51. The van der Waals surface area contributed by atoms with Gasteiger partial charge in [0.15, 0.2) is 17.3 Å². The normalized spacial score (nSPS) is 10.3. The molecule has 0 bridgehead atoms. The summed E-state index contributed by atoms with van der Waals surface area (Å²) < 4.78 is 16.6. The predicted octanol–water partition coefficient (Wildman–Crippen LogP) is 3.05. The highest BCUT2D eigenvalue weighted by atomic mass is 16.5. The van der Waals surface area contributed by atoms with Crippen LogP contribution < -0.4 is 14.2 Å². The molecule has 1 aromatic carbocycles. The fourth-order valence-electron chi connectivity index (χ4n) is 2.12. The van der Waals surface area contributed by atoms with Gasteiger partial charge in [-0.25, -0.2) is 15.0 Å². The van der Waals surface area contributed by atoms with Crippen LogP contribution in [0.3, 0.4) is 0 Å². The monoisotopic (exact) mass is 324 g/mol. The third kappa shape index (κ3) is 3.10. The van der Waals surface area contributed by atoms with E-state index in [2.05, 4.69) is 19.9 Å². The lowest BCUT2D eigenvalue weighted by Crippen LogP contribution is -2.03. The van der Waals surface area contributed by atoms with Crippen LogP contribution in [0.4, 0.5) is 0 Å². The molecule has 0 aliphatic heterocycles. The van der Waals surface area contributed by atoms with Crippen molar-refractivity contribution in [2.45, 2.75) is 6.92 Å². The van der Waals surface area contributed by atoms with Crippen molar-refractivity contribution in [3.63, 3.8) is 0 Å². The second-order valence-corrected chi connectivity index (χ2v) is 4.80. The molecule has 0 atom stereocenters. The van der Waals surface area contributed by atoms with Gasteiger partial charge < -0.3 is 14.2 Å². The third-order valence-corrected chi connectivity index (χ3v) is 3.24. The smallest absolute Gasteiger partial charge is 0.261 e. The van der Waals surface area contributed by atoms with Gasteiger partial charge in [-0.3, -0.25) is 0 Å². The summed E-state index contributed by atoms with van der Waals surface area (Å²) in [7, 11) is 3.10. The third-order valence-electron chi connectivity index (χ3n) is 3.24. The first-order valence-electron chi connectivity index (χ1n) is 7.24. The second kappa shape index (κ2) is 6.91. The number of aryl methyl sites for hydroxylation is 1. The lowest BCUT2D eigenvalue weighted by Gasteiger charge is -2.14. The van der Waals surface area contributed by atoms with Crippen molar-refractivity contribution in [3.8, 4) is 34.8 Å². The van der Waals surface area contributed by atoms with Gasteiger partial charge in [0.05, 0.1) is 19.9 Å². The van der Waals surface area contributed by atoms with E-state index >= 15 is 0 Å². The van der Waals surface area contributed by atoms with E-state index in [0.717, 1.165) is 0 Å². The number of hydrogen-bond donors (Lipinski definition) is 0. The van der Waals surface area contributed by atoms with Gasteiger partial charge in [-0.2, -0.15) is 4.98 Å². The first kappa shape index (κ1) is 15.7. The fraction of sp³-hybridized carbons (Fsp3) is 0.176. The number of nitrogens with zero attached hydrogens (tertiary/aromatic N) is 4. The van der Waals surface area contributed by atoms with Gasteiger partial charge in [0.1, 0.15) is 0 Å². The quantitative estimate of drug-likeness (QED) is 0.713. The molecule has 3 aromatic rings. The van der Waals surface area contributed by atoms with Crippen molar-refractivity contribution in [1.82, 2.24) is 19.9 Å². The van der Waals surface area contributed by atoms with Crippen LogP contribution in [0, 0.1) is 6.92 Å². The molecule has 0 amide bonds. The van der Waals surface area contributed by atoms with Gasteiger partial charge in [-0.1, -0.05) is 12.1 Å². The molecule has 2 heterocycles. The van der Waals surface area contributed by atoms with Crippen LogP contribution in [0.15, 0.2) is 42.7 Å². The molecule has 24 heavy (non-hydrogen) atoms. The molecule has 0 aliphatic rings. The number of ether oxygens (including phenoxy) is 3. The van der Waals surface area contributed by atoms with Gasteiger partial charge >= 0.3 is 0 Å². The minimum absolute atomic E-state index is 0.302. The van der Waals surface area contributed by atoms with Gasteiger partial charge in [0.25, 0.3) is 5.88 Å². The molecule has 3 rings (SSSR count). The highest BCUT2D eigenvalue weighted by Crippen LogP contribution is 2.37. The average molecular weight is 324 g/mol. The maximum Gasteiger partial charge on any atom is 0.261 e. The molecule has 122 valence electrons. The summed E-state index contributed by atoms with van der Waals surface area (Å²) in [5.41, 5.74) is 0.607. The first-order valence-corrected chi connectivity index (χ1v) is 7.24. The maximum atomic E-state index is 5.93. The van der Waals surface area contributed by atoms with Crippen LogP contribution in [0.1, 0.15) is 5.69 Å². The zero-order valence-corrected chi connectivity index (χ0v) is 13.6. The van der Waals surface area contributed by atoms with E-state index in [0.29, 0.717) is 40.5 Å². The molecule has 0 N–H and O–H groups in total. The zero-order chi connectivity index (χ0) is 16.9. The topological polar surface area (TPSA) is 79.3 Å². The molecule has 0 saturated carbocycles. The molecule has 0 radical (unpaired) electrons. The van der Waals surface area contributed by atoms with Gasteiger partial charge in [-0.15, -0.1) is 0 Å². The van der Waals surface area contributed by atoms with E-state index in [1.165, 1.54) is 7.11 Å². The molecule has 0 aliphatic carbocycles. The molecule has 7 heteroatoms. The van der Waals surface area contributed by atoms with Crippen LogP contribution in [-0.4, -0.2) is 34.2 Å². The van der Waals surface area contributed by atoms with Crippen LogP contribution in [0.5, 0.6) is 23.1 Å². The van der Waals surface area contributed by atoms with Crippen molar-refractivity contribution in [3.05, 3.63) is 48.4 Å². The molecular weight excluding hydrogens is 308 g/mol. The van der Waals surface area contributed by atoms with Crippen molar-refractivity contribution in [2.75, 3.05) is 14.2 Å². The Morgan fingerprint density at radius 1 is 0.792 bits per heavy atom. The largest absolute Gasteiger partial charge is 0.493 e. The van der Waals surface area contributed by atoms with E-state index in [1.54, 1.807) is 38.6 Å². The lowest BCUT2D eigenvalue weighted by molar-refractivity contribution is 0.344. The molecular formula is C17H16N4O3. The Morgan fingerprint density at radius 2 is 1.50 bits per heavy atom. The number of para-hydroxylation sites is 2.